The second-order valence-electron chi connectivity index (χ2n) is 4.94. The number of pyridine rings is 1. The standard InChI is InChI=1S/C16H20N2O/c1-12(11-14-3-5-16(19)6-4-14)18-13(2)15-7-9-17-10-8-15/h3-10,12-13,18-19H,11H2,1-2H3/t12?,13-/m0/s1. The average molecular weight is 256 g/mol. The van der Waals surface area contributed by atoms with E-state index >= 15 is 0 Å². The van der Waals surface area contributed by atoms with Crippen LogP contribution in [0.25, 0.3) is 0 Å². The lowest BCUT2D eigenvalue weighted by Crippen LogP contribution is -2.30. The van der Waals surface area contributed by atoms with E-state index < -0.39 is 0 Å². The molecule has 0 amide bonds. The van der Waals surface area contributed by atoms with Gasteiger partial charge in [0.2, 0.25) is 0 Å². The van der Waals surface area contributed by atoms with Gasteiger partial charge in [0.05, 0.1) is 0 Å². The molecule has 2 atom stereocenters. The monoisotopic (exact) mass is 256 g/mol. The fourth-order valence-electron chi connectivity index (χ4n) is 2.22. The summed E-state index contributed by atoms with van der Waals surface area (Å²) in [6.45, 7) is 4.33. The summed E-state index contributed by atoms with van der Waals surface area (Å²) in [5.74, 6) is 0.314. The Kier molecular flexibility index (Phi) is 4.53. The molecular formula is C16H20N2O. The third-order valence-electron chi connectivity index (χ3n) is 3.22. The minimum atomic E-state index is 0.301. The van der Waals surface area contributed by atoms with Gasteiger partial charge in [0.15, 0.2) is 0 Å². The van der Waals surface area contributed by atoms with E-state index in [1.807, 2.05) is 36.7 Å². The number of aromatic nitrogens is 1. The summed E-state index contributed by atoms with van der Waals surface area (Å²) in [6, 6.07) is 12.1. The maximum absolute atomic E-state index is 9.26. The van der Waals surface area contributed by atoms with Crippen molar-refractivity contribution in [1.82, 2.24) is 10.3 Å². The molecule has 1 aromatic carbocycles. The molecule has 0 saturated carbocycles. The molecule has 3 nitrogen and oxygen atoms in total. The first-order chi connectivity index (χ1) is 9.15. The van der Waals surface area contributed by atoms with Gasteiger partial charge in [-0.05, 0) is 55.7 Å². The Balaban J connectivity index is 1.90. The number of phenolic OH excluding ortho intramolecular Hbond substituents is 1. The number of hydrogen-bond acceptors (Lipinski definition) is 3. The SMILES string of the molecule is CC(Cc1ccc(O)cc1)N[C@@H](C)c1ccncc1. The van der Waals surface area contributed by atoms with Gasteiger partial charge in [0.1, 0.15) is 5.75 Å². The molecule has 1 heterocycles. The Morgan fingerprint density at radius 1 is 1.05 bits per heavy atom. The average Bonchev–Trinajstić information content (AvgIpc) is 2.42. The predicted molar refractivity (Wildman–Crippen MR) is 77.1 cm³/mol. The van der Waals surface area contributed by atoms with Gasteiger partial charge >= 0.3 is 0 Å². The van der Waals surface area contributed by atoms with Crippen LogP contribution in [0.1, 0.15) is 31.0 Å². The fraction of sp³-hybridized carbons (Fsp3) is 0.312. The zero-order valence-corrected chi connectivity index (χ0v) is 11.4. The molecule has 0 aliphatic heterocycles. The van der Waals surface area contributed by atoms with E-state index in [-0.39, 0.29) is 0 Å². The summed E-state index contributed by atoms with van der Waals surface area (Å²) < 4.78 is 0. The quantitative estimate of drug-likeness (QED) is 0.864. The lowest BCUT2D eigenvalue weighted by Gasteiger charge is -2.20. The van der Waals surface area contributed by atoms with Crippen molar-refractivity contribution in [3.63, 3.8) is 0 Å². The van der Waals surface area contributed by atoms with Crippen molar-refractivity contribution >= 4 is 0 Å². The van der Waals surface area contributed by atoms with Gasteiger partial charge in [-0.15, -0.1) is 0 Å². The highest BCUT2D eigenvalue weighted by atomic mass is 16.3. The second kappa shape index (κ2) is 6.34. The number of nitrogens with zero attached hydrogens (tertiary/aromatic N) is 1. The Hall–Kier alpha value is -1.87. The Labute approximate surface area is 114 Å². The van der Waals surface area contributed by atoms with E-state index in [0.717, 1.165) is 6.42 Å². The van der Waals surface area contributed by atoms with E-state index in [1.165, 1.54) is 11.1 Å². The van der Waals surface area contributed by atoms with E-state index in [1.54, 1.807) is 12.1 Å². The summed E-state index contributed by atoms with van der Waals surface area (Å²) in [6.07, 6.45) is 4.58. The normalized spacial score (nSPS) is 14.0. The molecule has 100 valence electrons. The number of nitrogens with one attached hydrogen (secondary N) is 1. The molecule has 2 rings (SSSR count). The molecule has 19 heavy (non-hydrogen) atoms. The summed E-state index contributed by atoms with van der Waals surface area (Å²) >= 11 is 0. The molecule has 0 saturated heterocycles. The molecule has 0 radical (unpaired) electrons. The first kappa shape index (κ1) is 13.6. The van der Waals surface area contributed by atoms with Crippen LogP contribution in [0.3, 0.4) is 0 Å². The van der Waals surface area contributed by atoms with Crippen LogP contribution in [0.5, 0.6) is 5.75 Å². The third-order valence-corrected chi connectivity index (χ3v) is 3.22. The molecule has 2 N–H and O–H groups in total. The van der Waals surface area contributed by atoms with Gasteiger partial charge in [-0.25, -0.2) is 0 Å². The van der Waals surface area contributed by atoms with Crippen molar-refractivity contribution in [2.45, 2.75) is 32.4 Å². The van der Waals surface area contributed by atoms with Crippen LogP contribution in [0, 0.1) is 0 Å². The summed E-state index contributed by atoms with van der Waals surface area (Å²) in [4.78, 5) is 4.03. The van der Waals surface area contributed by atoms with Crippen molar-refractivity contribution in [2.24, 2.45) is 0 Å². The van der Waals surface area contributed by atoms with Crippen molar-refractivity contribution < 1.29 is 5.11 Å². The van der Waals surface area contributed by atoms with Crippen molar-refractivity contribution in [3.8, 4) is 5.75 Å². The number of aromatic hydroxyl groups is 1. The highest BCUT2D eigenvalue weighted by molar-refractivity contribution is 5.26. The number of phenols is 1. The molecule has 1 unspecified atom stereocenters. The van der Waals surface area contributed by atoms with Crippen LogP contribution >= 0.6 is 0 Å². The lowest BCUT2D eigenvalue weighted by atomic mass is 10.0. The van der Waals surface area contributed by atoms with Gasteiger partial charge < -0.3 is 10.4 Å². The third kappa shape index (κ3) is 4.07. The number of rotatable bonds is 5. The zero-order chi connectivity index (χ0) is 13.7. The molecule has 1 aromatic heterocycles. The molecule has 2 aromatic rings. The lowest BCUT2D eigenvalue weighted by molar-refractivity contribution is 0.470. The number of hydrogen-bond donors (Lipinski definition) is 2. The predicted octanol–water partition coefficient (Wildman–Crippen LogP) is 3.07. The highest BCUT2D eigenvalue weighted by Gasteiger charge is 2.09. The van der Waals surface area contributed by atoms with Crippen LogP contribution in [-0.2, 0) is 6.42 Å². The molecular weight excluding hydrogens is 236 g/mol. The van der Waals surface area contributed by atoms with Gasteiger partial charge in [0.25, 0.3) is 0 Å². The maximum atomic E-state index is 9.26. The molecule has 0 fully saturated rings. The van der Waals surface area contributed by atoms with Gasteiger partial charge in [-0.1, -0.05) is 12.1 Å². The Morgan fingerprint density at radius 2 is 1.68 bits per heavy atom. The van der Waals surface area contributed by atoms with E-state index in [4.69, 9.17) is 0 Å². The van der Waals surface area contributed by atoms with Crippen LogP contribution in [-0.4, -0.2) is 16.1 Å². The Bertz CT molecular complexity index is 496. The smallest absolute Gasteiger partial charge is 0.115 e. The summed E-state index contributed by atoms with van der Waals surface area (Å²) in [5.41, 5.74) is 2.47. The first-order valence-electron chi connectivity index (χ1n) is 6.59. The van der Waals surface area contributed by atoms with Crippen molar-refractivity contribution in [3.05, 3.63) is 59.9 Å². The minimum Gasteiger partial charge on any atom is -0.508 e. The molecule has 0 spiro atoms. The van der Waals surface area contributed by atoms with Gasteiger partial charge in [-0.2, -0.15) is 0 Å². The van der Waals surface area contributed by atoms with Gasteiger partial charge in [0, 0.05) is 24.5 Å². The van der Waals surface area contributed by atoms with Gasteiger partial charge in [-0.3, -0.25) is 4.98 Å². The maximum Gasteiger partial charge on any atom is 0.115 e. The van der Waals surface area contributed by atoms with E-state index in [9.17, 15) is 5.11 Å². The largest absolute Gasteiger partial charge is 0.508 e. The number of benzene rings is 1. The highest BCUT2D eigenvalue weighted by Crippen LogP contribution is 2.14. The van der Waals surface area contributed by atoms with Crippen LogP contribution in [0.4, 0.5) is 0 Å². The topological polar surface area (TPSA) is 45.1 Å². The van der Waals surface area contributed by atoms with Crippen molar-refractivity contribution in [1.29, 1.82) is 0 Å². The molecule has 0 aliphatic rings. The van der Waals surface area contributed by atoms with Crippen molar-refractivity contribution in [2.75, 3.05) is 0 Å². The zero-order valence-electron chi connectivity index (χ0n) is 11.4. The Morgan fingerprint density at radius 3 is 2.32 bits per heavy atom. The molecule has 0 bridgehead atoms. The van der Waals surface area contributed by atoms with Crippen LogP contribution < -0.4 is 5.32 Å². The molecule has 0 aliphatic carbocycles. The van der Waals surface area contributed by atoms with E-state index in [0.29, 0.717) is 17.8 Å². The second-order valence-corrected chi connectivity index (χ2v) is 4.94. The van der Waals surface area contributed by atoms with E-state index in [2.05, 4.69) is 24.1 Å². The first-order valence-corrected chi connectivity index (χ1v) is 6.59. The summed E-state index contributed by atoms with van der Waals surface area (Å²) in [7, 11) is 0. The summed E-state index contributed by atoms with van der Waals surface area (Å²) in [5, 5.41) is 12.8. The molecule has 3 heteroatoms. The van der Waals surface area contributed by atoms with Crippen LogP contribution in [0.2, 0.25) is 0 Å². The fourth-order valence-corrected chi connectivity index (χ4v) is 2.22. The van der Waals surface area contributed by atoms with Crippen LogP contribution in [0.15, 0.2) is 48.8 Å². The minimum absolute atomic E-state index is 0.301.